The first-order valence-electron chi connectivity index (χ1n) is 5.50. The molecule has 1 aromatic heterocycles. The first-order chi connectivity index (χ1) is 8.58. The normalized spacial score (nSPS) is 10.3. The Morgan fingerprint density at radius 3 is 2.89 bits per heavy atom. The molecule has 0 saturated carbocycles. The monoisotopic (exact) mass is 262 g/mol. The second-order valence-electron chi connectivity index (χ2n) is 4.16. The topological polar surface area (TPSA) is 53.4 Å². The van der Waals surface area contributed by atoms with Crippen LogP contribution in [0.15, 0.2) is 29.1 Å². The Bertz CT molecular complexity index is 552. The molecule has 1 amide bonds. The van der Waals surface area contributed by atoms with Gasteiger partial charge in [-0.2, -0.15) is 0 Å². The number of nitrogens with zero attached hydrogens (tertiary/aromatic N) is 2. The lowest BCUT2D eigenvalue weighted by atomic mass is 10.1. The van der Waals surface area contributed by atoms with Gasteiger partial charge in [0, 0.05) is 12.4 Å². The van der Waals surface area contributed by atoms with Crippen LogP contribution in [0.5, 0.6) is 5.75 Å². The Hall–Kier alpha value is -1.88. The molecule has 0 aliphatic rings. The maximum absolute atomic E-state index is 12.1. The summed E-state index contributed by atoms with van der Waals surface area (Å²) in [4.78, 5) is 17.8. The van der Waals surface area contributed by atoms with E-state index in [1.807, 2.05) is 18.4 Å². The number of benzene rings is 1. The number of amides is 1. The van der Waals surface area contributed by atoms with Crippen molar-refractivity contribution < 1.29 is 9.90 Å². The SMILES string of the molecule is Cc1ccc(C(=O)N(C)Cc2cscn2)c(O)c1. The summed E-state index contributed by atoms with van der Waals surface area (Å²) >= 11 is 1.50. The Morgan fingerprint density at radius 1 is 1.50 bits per heavy atom. The molecule has 0 fully saturated rings. The maximum atomic E-state index is 12.1. The molecular weight excluding hydrogens is 248 g/mol. The van der Waals surface area contributed by atoms with Crippen LogP contribution in [0, 0.1) is 6.92 Å². The van der Waals surface area contributed by atoms with Crippen molar-refractivity contribution >= 4 is 17.2 Å². The number of carbonyl (C=O) groups is 1. The summed E-state index contributed by atoms with van der Waals surface area (Å²) in [6, 6.07) is 5.04. The molecule has 0 radical (unpaired) electrons. The molecule has 0 aliphatic heterocycles. The third-order valence-electron chi connectivity index (χ3n) is 2.61. The van der Waals surface area contributed by atoms with Crippen molar-refractivity contribution in [2.45, 2.75) is 13.5 Å². The number of phenols is 1. The van der Waals surface area contributed by atoms with Gasteiger partial charge >= 0.3 is 0 Å². The summed E-state index contributed by atoms with van der Waals surface area (Å²) in [6.07, 6.45) is 0. The lowest BCUT2D eigenvalue weighted by molar-refractivity contribution is 0.0780. The van der Waals surface area contributed by atoms with Crippen molar-refractivity contribution in [3.05, 3.63) is 45.9 Å². The molecule has 1 aromatic carbocycles. The zero-order chi connectivity index (χ0) is 13.1. The Balaban J connectivity index is 2.15. The first kappa shape index (κ1) is 12.6. The zero-order valence-corrected chi connectivity index (χ0v) is 11.1. The van der Waals surface area contributed by atoms with Crippen LogP contribution in [0.25, 0.3) is 0 Å². The number of hydrogen-bond donors (Lipinski definition) is 1. The second-order valence-corrected chi connectivity index (χ2v) is 4.88. The number of aromatic hydroxyl groups is 1. The van der Waals surface area contributed by atoms with Gasteiger partial charge in [-0.3, -0.25) is 4.79 Å². The van der Waals surface area contributed by atoms with Crippen molar-refractivity contribution in [3.63, 3.8) is 0 Å². The zero-order valence-electron chi connectivity index (χ0n) is 10.3. The summed E-state index contributed by atoms with van der Waals surface area (Å²) < 4.78 is 0. The second kappa shape index (κ2) is 5.18. The number of phenolic OH excluding ortho intramolecular Hbond substituents is 1. The largest absolute Gasteiger partial charge is 0.507 e. The van der Waals surface area contributed by atoms with E-state index in [0.29, 0.717) is 12.1 Å². The van der Waals surface area contributed by atoms with E-state index in [4.69, 9.17) is 0 Å². The molecule has 0 spiro atoms. The molecule has 0 bridgehead atoms. The summed E-state index contributed by atoms with van der Waals surface area (Å²) in [6.45, 7) is 2.31. The van der Waals surface area contributed by atoms with Gasteiger partial charge in [-0.15, -0.1) is 11.3 Å². The fourth-order valence-corrected chi connectivity index (χ4v) is 2.21. The van der Waals surface area contributed by atoms with Crippen molar-refractivity contribution in [1.29, 1.82) is 0 Å². The van der Waals surface area contributed by atoms with Crippen molar-refractivity contribution in [2.75, 3.05) is 7.05 Å². The average molecular weight is 262 g/mol. The van der Waals surface area contributed by atoms with Gasteiger partial charge in [0.25, 0.3) is 5.91 Å². The minimum Gasteiger partial charge on any atom is -0.507 e. The molecule has 94 valence electrons. The summed E-state index contributed by atoms with van der Waals surface area (Å²) in [5.41, 5.74) is 3.82. The van der Waals surface area contributed by atoms with Gasteiger partial charge in [0.05, 0.1) is 23.3 Å². The van der Waals surface area contributed by atoms with E-state index in [2.05, 4.69) is 4.98 Å². The van der Waals surface area contributed by atoms with Gasteiger partial charge in [-0.1, -0.05) is 6.07 Å². The standard InChI is InChI=1S/C13H14N2O2S/c1-9-3-4-11(12(16)5-9)13(17)15(2)6-10-7-18-8-14-10/h3-5,7-8,16H,6H2,1-2H3. The van der Waals surface area contributed by atoms with E-state index in [-0.39, 0.29) is 11.7 Å². The third kappa shape index (κ3) is 2.68. The fraction of sp³-hybridized carbons (Fsp3) is 0.231. The van der Waals surface area contributed by atoms with Crippen LogP contribution in [-0.4, -0.2) is 27.9 Å². The predicted octanol–water partition coefficient (Wildman–Crippen LogP) is 2.43. The van der Waals surface area contributed by atoms with Gasteiger partial charge in [-0.05, 0) is 24.6 Å². The molecule has 0 atom stereocenters. The summed E-state index contributed by atoms with van der Waals surface area (Å²) in [5.74, 6) is -0.189. The number of thiazole rings is 1. The van der Waals surface area contributed by atoms with Crippen LogP contribution in [0.1, 0.15) is 21.6 Å². The molecule has 0 aliphatic carbocycles. The highest BCUT2D eigenvalue weighted by Gasteiger charge is 2.16. The number of hydrogen-bond acceptors (Lipinski definition) is 4. The van der Waals surface area contributed by atoms with E-state index in [1.165, 1.54) is 11.3 Å². The minimum atomic E-state index is -0.208. The smallest absolute Gasteiger partial charge is 0.257 e. The molecular formula is C13H14N2O2S. The van der Waals surface area contributed by atoms with E-state index >= 15 is 0 Å². The molecule has 2 rings (SSSR count). The lowest BCUT2D eigenvalue weighted by Gasteiger charge is -2.16. The van der Waals surface area contributed by atoms with E-state index < -0.39 is 0 Å². The fourth-order valence-electron chi connectivity index (χ4n) is 1.66. The van der Waals surface area contributed by atoms with Crippen LogP contribution >= 0.6 is 11.3 Å². The first-order valence-corrected chi connectivity index (χ1v) is 6.44. The van der Waals surface area contributed by atoms with Crippen LogP contribution in [0.4, 0.5) is 0 Å². The molecule has 2 aromatic rings. The molecule has 1 N–H and O–H groups in total. The quantitative estimate of drug-likeness (QED) is 0.924. The van der Waals surface area contributed by atoms with Crippen molar-refractivity contribution in [1.82, 2.24) is 9.88 Å². The van der Waals surface area contributed by atoms with Gasteiger partial charge in [0.1, 0.15) is 5.75 Å². The van der Waals surface area contributed by atoms with E-state index in [1.54, 1.807) is 29.6 Å². The van der Waals surface area contributed by atoms with Crippen LogP contribution < -0.4 is 0 Å². The Labute approximate surface area is 110 Å². The summed E-state index contributed by atoms with van der Waals surface area (Å²) in [5, 5.41) is 11.7. The number of carbonyl (C=O) groups excluding carboxylic acids is 1. The highest BCUT2D eigenvalue weighted by molar-refractivity contribution is 7.07. The highest BCUT2D eigenvalue weighted by Crippen LogP contribution is 2.20. The third-order valence-corrected chi connectivity index (χ3v) is 3.25. The van der Waals surface area contributed by atoms with Crippen LogP contribution in [0.2, 0.25) is 0 Å². The number of aromatic nitrogens is 1. The van der Waals surface area contributed by atoms with Crippen LogP contribution in [0.3, 0.4) is 0 Å². The Morgan fingerprint density at radius 2 is 2.28 bits per heavy atom. The van der Waals surface area contributed by atoms with Crippen molar-refractivity contribution in [3.8, 4) is 5.75 Å². The Kier molecular flexibility index (Phi) is 3.62. The van der Waals surface area contributed by atoms with Crippen LogP contribution in [-0.2, 0) is 6.54 Å². The van der Waals surface area contributed by atoms with Gasteiger partial charge in [0.15, 0.2) is 0 Å². The maximum Gasteiger partial charge on any atom is 0.257 e. The van der Waals surface area contributed by atoms with Gasteiger partial charge < -0.3 is 10.0 Å². The van der Waals surface area contributed by atoms with E-state index in [0.717, 1.165) is 11.3 Å². The molecule has 1 heterocycles. The number of aryl methyl sites for hydroxylation is 1. The molecule has 5 heteroatoms. The number of rotatable bonds is 3. The van der Waals surface area contributed by atoms with Crippen molar-refractivity contribution in [2.24, 2.45) is 0 Å². The predicted molar refractivity (Wildman–Crippen MR) is 70.8 cm³/mol. The molecule has 0 unspecified atom stereocenters. The molecule has 0 saturated heterocycles. The average Bonchev–Trinajstić information content (AvgIpc) is 2.81. The van der Waals surface area contributed by atoms with Gasteiger partial charge in [-0.25, -0.2) is 4.98 Å². The highest BCUT2D eigenvalue weighted by atomic mass is 32.1. The summed E-state index contributed by atoms with van der Waals surface area (Å²) in [7, 11) is 1.70. The lowest BCUT2D eigenvalue weighted by Crippen LogP contribution is -2.26. The minimum absolute atomic E-state index is 0.0186. The molecule has 4 nitrogen and oxygen atoms in total. The van der Waals surface area contributed by atoms with E-state index in [9.17, 15) is 9.90 Å². The molecule has 18 heavy (non-hydrogen) atoms. The van der Waals surface area contributed by atoms with Gasteiger partial charge in [0.2, 0.25) is 0 Å².